The van der Waals surface area contributed by atoms with E-state index in [4.69, 9.17) is 39.6 Å². The Bertz CT molecular complexity index is 167. The van der Waals surface area contributed by atoms with Gasteiger partial charge in [0.2, 0.25) is 0 Å². The zero-order valence-electron chi connectivity index (χ0n) is 10.6. The van der Waals surface area contributed by atoms with Crippen LogP contribution in [0.25, 0.3) is 0 Å². The second kappa shape index (κ2) is 29.8. The average molecular weight is 297 g/mol. The van der Waals surface area contributed by atoms with E-state index in [-0.39, 0.29) is 36.5 Å². The topological polar surface area (TPSA) is 155 Å². The summed E-state index contributed by atoms with van der Waals surface area (Å²) >= 11 is 0. The number of carbonyl (C=O) groups is 4. The molecule has 0 unspecified atom stereocenters. The van der Waals surface area contributed by atoms with Crippen molar-refractivity contribution in [1.82, 2.24) is 0 Å². The standard InChI is InChI=1S/4C2H4O2.Mg.H2S/c4*1-2(3)4;;/h4*1H3,(H,3,4);;1H2/q;;;;+2;/p-2. The number of carboxylic acids is 4. The minimum Gasteiger partial charge on any atom is -0.550 e. The van der Waals surface area contributed by atoms with Gasteiger partial charge < -0.3 is 30.0 Å². The summed E-state index contributed by atoms with van der Waals surface area (Å²) in [7, 11) is 0. The van der Waals surface area contributed by atoms with Crippen LogP contribution in [0.2, 0.25) is 0 Å². The van der Waals surface area contributed by atoms with E-state index >= 15 is 0 Å². The molecule has 0 bridgehead atoms. The molecule has 0 fully saturated rings. The molecule has 0 aromatic carbocycles. The van der Waals surface area contributed by atoms with Gasteiger partial charge in [-0.25, -0.2) is 0 Å². The quantitative estimate of drug-likeness (QED) is 0.462. The van der Waals surface area contributed by atoms with E-state index in [1.807, 2.05) is 0 Å². The van der Waals surface area contributed by atoms with Crippen molar-refractivity contribution >= 4 is 60.4 Å². The largest absolute Gasteiger partial charge is 2.00 e. The molecule has 0 aromatic heterocycles. The molecule has 18 heavy (non-hydrogen) atoms. The van der Waals surface area contributed by atoms with Gasteiger partial charge in [0.05, 0.1) is 0 Å². The molecular formula is C8H16MgO8S. The third kappa shape index (κ3) is 2920. The van der Waals surface area contributed by atoms with Gasteiger partial charge in [0.25, 0.3) is 11.9 Å². The first kappa shape index (κ1) is 36.0. The first-order chi connectivity index (χ1) is 6.93. The summed E-state index contributed by atoms with van der Waals surface area (Å²) in [6.07, 6.45) is 0. The maximum absolute atomic E-state index is 9.00. The van der Waals surface area contributed by atoms with Crippen LogP contribution in [-0.4, -0.2) is 57.1 Å². The Hall–Kier alpha value is -1.00. The fourth-order valence-electron chi connectivity index (χ4n) is 0. The third-order valence-corrected chi connectivity index (χ3v) is 0. The van der Waals surface area contributed by atoms with Crippen LogP contribution in [-0.2, 0) is 19.2 Å². The summed E-state index contributed by atoms with van der Waals surface area (Å²) in [5.41, 5.74) is 0. The molecule has 10 heteroatoms. The second-order valence-electron chi connectivity index (χ2n) is 2.02. The van der Waals surface area contributed by atoms with E-state index in [1.165, 1.54) is 0 Å². The van der Waals surface area contributed by atoms with Crippen molar-refractivity contribution in [1.29, 1.82) is 0 Å². The number of rotatable bonds is 0. The van der Waals surface area contributed by atoms with Crippen LogP contribution in [0.1, 0.15) is 27.7 Å². The van der Waals surface area contributed by atoms with Gasteiger partial charge >= 0.3 is 23.1 Å². The molecule has 0 amide bonds. The monoisotopic (exact) mass is 296 g/mol. The van der Waals surface area contributed by atoms with E-state index in [0.29, 0.717) is 0 Å². The van der Waals surface area contributed by atoms with Crippen molar-refractivity contribution in [3.05, 3.63) is 0 Å². The van der Waals surface area contributed by atoms with Crippen molar-refractivity contribution in [2.75, 3.05) is 0 Å². The second-order valence-corrected chi connectivity index (χ2v) is 2.02. The third-order valence-electron chi connectivity index (χ3n) is 0. The molecule has 0 atom stereocenters. The van der Waals surface area contributed by atoms with Crippen molar-refractivity contribution < 1.29 is 39.6 Å². The Labute approximate surface area is 128 Å². The zero-order chi connectivity index (χ0) is 14.3. The minimum absolute atomic E-state index is 0. The SMILES string of the molecule is CC(=O)O.CC(=O)O.CC(=O)[O-].CC(=O)[O-].S.[Mg+2]. The van der Waals surface area contributed by atoms with Gasteiger partial charge in [-0.2, -0.15) is 13.5 Å². The Kier molecular flexibility index (Phi) is 59.4. The van der Waals surface area contributed by atoms with Gasteiger partial charge in [-0.15, -0.1) is 0 Å². The molecule has 0 rings (SSSR count). The summed E-state index contributed by atoms with van der Waals surface area (Å²) in [6, 6.07) is 0. The minimum atomic E-state index is -1.08. The summed E-state index contributed by atoms with van der Waals surface area (Å²) in [4.78, 5) is 35.8. The van der Waals surface area contributed by atoms with E-state index in [2.05, 4.69) is 0 Å². The first-order valence-electron chi connectivity index (χ1n) is 3.67. The molecule has 0 aliphatic carbocycles. The van der Waals surface area contributed by atoms with Crippen molar-refractivity contribution in [2.45, 2.75) is 27.7 Å². The van der Waals surface area contributed by atoms with Gasteiger partial charge in [0.1, 0.15) is 0 Å². The summed E-state index contributed by atoms with van der Waals surface area (Å²) in [6.45, 7) is 4.11. The van der Waals surface area contributed by atoms with Gasteiger partial charge in [-0.05, 0) is 13.8 Å². The smallest absolute Gasteiger partial charge is 0.550 e. The Morgan fingerprint density at radius 2 is 0.722 bits per heavy atom. The number of carbonyl (C=O) groups excluding carboxylic acids is 2. The zero-order valence-corrected chi connectivity index (χ0v) is 13.0. The van der Waals surface area contributed by atoms with Gasteiger partial charge in [0.15, 0.2) is 0 Å². The van der Waals surface area contributed by atoms with Crippen LogP contribution in [0.4, 0.5) is 0 Å². The summed E-state index contributed by atoms with van der Waals surface area (Å²) in [5, 5.41) is 32.6. The number of aliphatic carboxylic acids is 4. The molecule has 104 valence electrons. The molecule has 0 radical (unpaired) electrons. The van der Waals surface area contributed by atoms with Crippen LogP contribution >= 0.6 is 13.5 Å². The van der Waals surface area contributed by atoms with Gasteiger partial charge in [0, 0.05) is 25.8 Å². The van der Waals surface area contributed by atoms with Gasteiger partial charge in [-0.3, -0.25) is 9.59 Å². The van der Waals surface area contributed by atoms with Crippen LogP contribution in [0.3, 0.4) is 0 Å². The number of carboxylic acid groups (broad SMARTS) is 4. The van der Waals surface area contributed by atoms with E-state index in [1.54, 1.807) is 0 Å². The normalized spacial score (nSPS) is 5.56. The van der Waals surface area contributed by atoms with Gasteiger partial charge in [-0.1, -0.05) is 0 Å². The van der Waals surface area contributed by atoms with Crippen LogP contribution in [0.5, 0.6) is 0 Å². The van der Waals surface area contributed by atoms with Crippen molar-refractivity contribution in [3.8, 4) is 0 Å². The molecule has 2 N–H and O–H groups in total. The Morgan fingerprint density at radius 1 is 0.722 bits per heavy atom. The van der Waals surface area contributed by atoms with Crippen molar-refractivity contribution in [3.63, 3.8) is 0 Å². The number of hydrogen-bond acceptors (Lipinski definition) is 6. The van der Waals surface area contributed by atoms with Crippen LogP contribution in [0, 0.1) is 0 Å². The summed E-state index contributed by atoms with van der Waals surface area (Å²) in [5.74, 6) is -3.83. The van der Waals surface area contributed by atoms with Crippen LogP contribution < -0.4 is 10.2 Å². The molecule has 0 saturated carbocycles. The maximum atomic E-state index is 9.00. The van der Waals surface area contributed by atoms with E-state index in [9.17, 15) is 0 Å². The van der Waals surface area contributed by atoms with E-state index < -0.39 is 23.9 Å². The fraction of sp³-hybridized carbons (Fsp3) is 0.500. The predicted octanol–water partition coefficient (Wildman–Crippen LogP) is -2.57. The molecule has 0 heterocycles. The maximum Gasteiger partial charge on any atom is 2.00 e. The van der Waals surface area contributed by atoms with E-state index in [0.717, 1.165) is 27.7 Å². The van der Waals surface area contributed by atoms with Crippen LogP contribution in [0.15, 0.2) is 0 Å². The molecule has 0 saturated heterocycles. The average Bonchev–Trinajstić information content (AvgIpc) is 1.76. The Morgan fingerprint density at radius 3 is 0.722 bits per heavy atom. The molecular weight excluding hydrogens is 280 g/mol. The molecule has 0 spiro atoms. The molecule has 8 nitrogen and oxygen atoms in total. The molecule has 0 aliphatic heterocycles. The summed E-state index contributed by atoms with van der Waals surface area (Å²) < 4.78 is 0. The van der Waals surface area contributed by atoms with Crippen molar-refractivity contribution in [2.24, 2.45) is 0 Å². The predicted molar refractivity (Wildman–Crippen MR) is 64.1 cm³/mol. The first-order valence-corrected chi connectivity index (χ1v) is 3.67. The Balaban J connectivity index is -0.0000000257. The molecule has 0 aliphatic rings. The molecule has 0 aromatic rings. The fourth-order valence-corrected chi connectivity index (χ4v) is 0. The number of hydrogen-bond donors (Lipinski definition) is 2.